The molecule has 0 rings (SSSR count). The lowest BCUT2D eigenvalue weighted by Gasteiger charge is -2.07. The van der Waals surface area contributed by atoms with Crippen molar-refractivity contribution in [1.29, 1.82) is 0 Å². The lowest BCUT2D eigenvalue weighted by Crippen LogP contribution is -2.32. The maximum Gasteiger partial charge on any atom is 0.490 e. The van der Waals surface area contributed by atoms with Crippen molar-refractivity contribution in [3.8, 4) is 0 Å². The summed E-state index contributed by atoms with van der Waals surface area (Å²) in [6.45, 7) is 6.20. The van der Waals surface area contributed by atoms with E-state index in [2.05, 4.69) is 22.4 Å². The van der Waals surface area contributed by atoms with Gasteiger partial charge in [-0.05, 0) is 51.9 Å². The topological polar surface area (TPSA) is 143 Å². The summed E-state index contributed by atoms with van der Waals surface area (Å²) in [6, 6.07) is -0.867. The Morgan fingerprint density at radius 2 is 1.05 bits per heavy atom. The SMILES string of the molecule is CCCCCCCCCCCCCCNCCCCNCCCC(=O)ONC(N)=O.O=C(O)C(F)(F)F. The maximum atomic E-state index is 11.2. The van der Waals surface area contributed by atoms with E-state index in [1.54, 1.807) is 0 Å². The van der Waals surface area contributed by atoms with Crippen molar-refractivity contribution in [2.75, 3.05) is 26.2 Å². The van der Waals surface area contributed by atoms with E-state index >= 15 is 0 Å². The van der Waals surface area contributed by atoms with Crippen molar-refractivity contribution in [2.24, 2.45) is 5.73 Å². The van der Waals surface area contributed by atoms with Gasteiger partial charge in [-0.1, -0.05) is 77.6 Å². The molecule has 0 aromatic carbocycles. The number of hydroxylamine groups is 1. The summed E-state index contributed by atoms with van der Waals surface area (Å²) < 4.78 is 31.7. The second-order valence-electron chi connectivity index (χ2n) is 8.94. The van der Waals surface area contributed by atoms with Gasteiger partial charge >= 0.3 is 24.1 Å². The van der Waals surface area contributed by atoms with Crippen molar-refractivity contribution < 1.29 is 37.5 Å². The molecule has 0 unspecified atom stereocenters. The fourth-order valence-corrected chi connectivity index (χ4v) is 3.36. The van der Waals surface area contributed by atoms with Crippen LogP contribution in [0, 0.1) is 0 Å². The van der Waals surface area contributed by atoms with Gasteiger partial charge in [0.05, 0.1) is 0 Å². The van der Waals surface area contributed by atoms with Crippen LogP contribution in [0.25, 0.3) is 0 Å². The predicted octanol–water partition coefficient (Wildman–Crippen LogP) is 5.19. The van der Waals surface area contributed by atoms with Gasteiger partial charge in [0.2, 0.25) is 0 Å². The monoisotopic (exact) mass is 542 g/mol. The van der Waals surface area contributed by atoms with Crippen LogP contribution < -0.4 is 21.8 Å². The first kappa shape index (κ1) is 37.1. The van der Waals surface area contributed by atoms with Crippen LogP contribution in [0.15, 0.2) is 0 Å². The highest BCUT2D eigenvalue weighted by Gasteiger charge is 2.38. The van der Waals surface area contributed by atoms with Crippen molar-refractivity contribution in [3.05, 3.63) is 0 Å². The number of nitrogens with one attached hydrogen (secondary N) is 3. The van der Waals surface area contributed by atoms with Crippen molar-refractivity contribution in [2.45, 2.75) is 116 Å². The first-order chi connectivity index (χ1) is 17.6. The van der Waals surface area contributed by atoms with Gasteiger partial charge in [0.1, 0.15) is 0 Å². The average Bonchev–Trinajstić information content (AvgIpc) is 2.83. The lowest BCUT2D eigenvalue weighted by atomic mass is 10.1. The number of halogens is 3. The molecule has 0 radical (unpaired) electrons. The van der Waals surface area contributed by atoms with E-state index in [1.807, 2.05) is 5.48 Å². The van der Waals surface area contributed by atoms with Crippen LogP contribution in [0.2, 0.25) is 0 Å². The van der Waals surface area contributed by atoms with Gasteiger partial charge < -0.3 is 26.3 Å². The molecule has 37 heavy (non-hydrogen) atoms. The van der Waals surface area contributed by atoms with Gasteiger partial charge in [-0.2, -0.15) is 18.7 Å². The third kappa shape index (κ3) is 33.9. The fraction of sp³-hybridized carbons (Fsp3) is 0.880. The molecule has 12 heteroatoms. The molecule has 0 aliphatic rings. The van der Waals surface area contributed by atoms with Crippen LogP contribution in [0.4, 0.5) is 18.0 Å². The number of aliphatic carboxylic acids is 1. The smallest absolute Gasteiger partial charge is 0.475 e. The van der Waals surface area contributed by atoms with Crippen LogP contribution >= 0.6 is 0 Å². The minimum Gasteiger partial charge on any atom is -0.475 e. The number of primary amides is 1. The highest BCUT2D eigenvalue weighted by molar-refractivity contribution is 5.75. The number of carboxylic acid groups (broad SMARTS) is 1. The molecule has 0 saturated carbocycles. The number of unbranched alkanes of at least 4 members (excludes halogenated alkanes) is 12. The van der Waals surface area contributed by atoms with E-state index in [0.29, 0.717) is 6.42 Å². The second-order valence-corrected chi connectivity index (χ2v) is 8.94. The van der Waals surface area contributed by atoms with E-state index in [4.69, 9.17) is 15.6 Å². The summed E-state index contributed by atoms with van der Waals surface area (Å²) in [4.78, 5) is 34.9. The van der Waals surface area contributed by atoms with Gasteiger partial charge in [-0.25, -0.2) is 14.4 Å². The molecule has 0 heterocycles. The number of carbonyl (C=O) groups excluding carboxylic acids is 2. The molecule has 0 atom stereocenters. The standard InChI is InChI=1S/C23H48N4O3.C2HF3O2/c1-2-3-4-5-6-7-8-9-10-11-12-13-18-25-19-14-15-20-26-21-16-17-22(28)30-27-23(24)29;3-2(4,5)1(6)7/h25-26H,2-21H2,1H3,(H3,24,27,29);(H,6,7). The zero-order chi connectivity index (χ0) is 28.2. The van der Waals surface area contributed by atoms with E-state index in [0.717, 1.165) is 39.0 Å². The number of hydrogen-bond donors (Lipinski definition) is 5. The Morgan fingerprint density at radius 1 is 0.703 bits per heavy atom. The normalized spacial score (nSPS) is 10.9. The molecule has 0 aromatic rings. The van der Waals surface area contributed by atoms with Crippen molar-refractivity contribution in [1.82, 2.24) is 16.1 Å². The molecule has 220 valence electrons. The Hall–Kier alpha value is -2.08. The molecule has 0 bridgehead atoms. The molecule has 0 aliphatic heterocycles. The molecule has 0 saturated heterocycles. The zero-order valence-electron chi connectivity index (χ0n) is 22.4. The van der Waals surface area contributed by atoms with Gasteiger partial charge in [0.15, 0.2) is 0 Å². The van der Waals surface area contributed by atoms with Crippen LogP contribution in [0.5, 0.6) is 0 Å². The highest BCUT2D eigenvalue weighted by Crippen LogP contribution is 2.13. The number of urea groups is 1. The van der Waals surface area contributed by atoms with Crippen LogP contribution in [-0.2, 0) is 14.4 Å². The number of amides is 2. The average molecular weight is 543 g/mol. The zero-order valence-corrected chi connectivity index (χ0v) is 22.4. The van der Waals surface area contributed by atoms with Crippen LogP contribution in [0.3, 0.4) is 0 Å². The minimum absolute atomic E-state index is 0.258. The Kier molecular flexibility index (Phi) is 27.0. The van der Waals surface area contributed by atoms with Gasteiger partial charge in [-0.3, -0.25) is 0 Å². The number of hydrogen-bond acceptors (Lipinski definition) is 6. The van der Waals surface area contributed by atoms with Gasteiger partial charge in [0, 0.05) is 6.42 Å². The number of rotatable bonds is 22. The van der Waals surface area contributed by atoms with Crippen molar-refractivity contribution in [3.63, 3.8) is 0 Å². The third-order valence-corrected chi connectivity index (χ3v) is 5.41. The van der Waals surface area contributed by atoms with Gasteiger partial charge in [-0.15, -0.1) is 0 Å². The second kappa shape index (κ2) is 27.0. The van der Waals surface area contributed by atoms with Crippen molar-refractivity contribution >= 4 is 18.0 Å². The molecule has 0 spiro atoms. The highest BCUT2D eigenvalue weighted by atomic mass is 19.4. The Balaban J connectivity index is 0. The van der Waals surface area contributed by atoms with E-state index < -0.39 is 24.1 Å². The molecular formula is C25H49F3N4O5. The maximum absolute atomic E-state index is 11.2. The summed E-state index contributed by atoms with van der Waals surface area (Å²) >= 11 is 0. The first-order valence-corrected chi connectivity index (χ1v) is 13.6. The summed E-state index contributed by atoms with van der Waals surface area (Å²) in [7, 11) is 0. The molecule has 0 aromatic heterocycles. The Bertz CT molecular complexity index is 567. The summed E-state index contributed by atoms with van der Waals surface area (Å²) in [5.41, 5.74) is 6.63. The largest absolute Gasteiger partial charge is 0.490 e. The molecular weight excluding hydrogens is 493 g/mol. The molecule has 2 amide bonds. The van der Waals surface area contributed by atoms with Crippen LogP contribution in [0.1, 0.15) is 110 Å². The van der Waals surface area contributed by atoms with E-state index in [9.17, 15) is 22.8 Å². The third-order valence-electron chi connectivity index (χ3n) is 5.41. The first-order valence-electron chi connectivity index (χ1n) is 13.6. The Labute approximate surface area is 219 Å². The quantitative estimate of drug-likeness (QED) is 0.0936. The lowest BCUT2D eigenvalue weighted by molar-refractivity contribution is -0.192. The predicted molar refractivity (Wildman–Crippen MR) is 138 cm³/mol. The van der Waals surface area contributed by atoms with E-state index in [1.165, 1.54) is 77.0 Å². The summed E-state index contributed by atoms with van der Waals surface area (Å²) in [6.07, 6.45) is 14.9. The molecule has 6 N–H and O–H groups in total. The summed E-state index contributed by atoms with van der Waals surface area (Å²) in [5, 5.41) is 14.0. The Morgan fingerprint density at radius 3 is 1.43 bits per heavy atom. The minimum atomic E-state index is -5.08. The fourth-order valence-electron chi connectivity index (χ4n) is 3.36. The number of nitrogens with two attached hydrogens (primary N) is 1. The molecule has 9 nitrogen and oxygen atoms in total. The van der Waals surface area contributed by atoms with Gasteiger partial charge in [0.25, 0.3) is 0 Å². The molecule has 0 aliphatic carbocycles. The summed E-state index contributed by atoms with van der Waals surface area (Å²) in [5.74, 6) is -3.23. The number of alkyl halides is 3. The molecule has 0 fully saturated rings. The van der Waals surface area contributed by atoms with E-state index in [-0.39, 0.29) is 6.42 Å². The van der Waals surface area contributed by atoms with Crippen LogP contribution in [-0.4, -0.2) is 55.4 Å². The number of carbonyl (C=O) groups is 3. The number of carboxylic acids is 1.